The maximum atomic E-state index is 3.57. The van der Waals surface area contributed by atoms with Crippen LogP contribution in [-0.2, 0) is 0 Å². The van der Waals surface area contributed by atoms with Gasteiger partial charge in [-0.25, -0.2) is 0 Å². The average Bonchev–Trinajstić information content (AvgIpc) is 2.76. The van der Waals surface area contributed by atoms with E-state index in [0.717, 1.165) is 0 Å². The van der Waals surface area contributed by atoms with E-state index in [1.165, 1.54) is 19.9 Å². The largest absolute Gasteiger partial charge is 0.378 e. The second-order valence-corrected chi connectivity index (χ2v) is 6.41. The molecule has 0 aliphatic carbocycles. The number of thiophene rings is 1. The summed E-state index contributed by atoms with van der Waals surface area (Å²) in [7, 11) is 0. The summed E-state index contributed by atoms with van der Waals surface area (Å²) in [5, 5.41) is 5.63. The van der Waals surface area contributed by atoms with Crippen molar-refractivity contribution in [3.63, 3.8) is 0 Å². The van der Waals surface area contributed by atoms with Gasteiger partial charge in [0.05, 0.1) is 6.04 Å². The molecule has 0 saturated heterocycles. The SMILES string of the molecule is CSc1cccc(NC(C)c2sccc2Br)c1. The maximum absolute atomic E-state index is 3.57. The first kappa shape index (κ1) is 13.0. The van der Waals surface area contributed by atoms with Crippen LogP contribution >= 0.6 is 39.0 Å². The van der Waals surface area contributed by atoms with Crippen LogP contribution in [-0.4, -0.2) is 6.26 Å². The Kier molecular flexibility index (Phi) is 4.54. The van der Waals surface area contributed by atoms with Crippen LogP contribution in [0.1, 0.15) is 17.8 Å². The lowest BCUT2D eigenvalue weighted by molar-refractivity contribution is 0.902. The van der Waals surface area contributed by atoms with Crippen molar-refractivity contribution in [2.75, 3.05) is 11.6 Å². The molecule has 90 valence electrons. The van der Waals surface area contributed by atoms with Crippen molar-refractivity contribution in [1.82, 2.24) is 0 Å². The quantitative estimate of drug-likeness (QED) is 0.754. The van der Waals surface area contributed by atoms with Gasteiger partial charge in [0.15, 0.2) is 0 Å². The van der Waals surface area contributed by atoms with Crippen molar-refractivity contribution in [2.45, 2.75) is 17.9 Å². The smallest absolute Gasteiger partial charge is 0.0589 e. The number of nitrogens with one attached hydrogen (secondary N) is 1. The Bertz CT molecular complexity index is 496. The molecule has 0 radical (unpaired) electrons. The van der Waals surface area contributed by atoms with Crippen molar-refractivity contribution in [3.8, 4) is 0 Å². The Balaban J connectivity index is 2.13. The van der Waals surface area contributed by atoms with Crippen molar-refractivity contribution in [1.29, 1.82) is 0 Å². The first-order valence-corrected chi connectivity index (χ1v) is 8.24. The molecule has 0 amide bonds. The number of rotatable bonds is 4. The fourth-order valence-electron chi connectivity index (χ4n) is 1.64. The fourth-order valence-corrected chi connectivity index (χ4v) is 3.83. The molecular weight excluding hydrogens is 314 g/mol. The molecule has 17 heavy (non-hydrogen) atoms. The van der Waals surface area contributed by atoms with Gasteiger partial charge in [-0.2, -0.15) is 0 Å². The third kappa shape index (κ3) is 3.27. The van der Waals surface area contributed by atoms with Gasteiger partial charge in [-0.05, 0) is 58.8 Å². The molecular formula is C13H14BrNS2. The number of hydrogen-bond donors (Lipinski definition) is 1. The molecule has 0 fully saturated rings. The van der Waals surface area contributed by atoms with Gasteiger partial charge in [-0.15, -0.1) is 23.1 Å². The molecule has 1 aromatic carbocycles. The van der Waals surface area contributed by atoms with Crippen molar-refractivity contribution >= 4 is 44.7 Å². The molecule has 0 spiro atoms. The van der Waals surface area contributed by atoms with E-state index in [2.05, 4.69) is 70.1 Å². The molecule has 1 nitrogen and oxygen atoms in total. The van der Waals surface area contributed by atoms with E-state index in [4.69, 9.17) is 0 Å². The van der Waals surface area contributed by atoms with Gasteiger partial charge >= 0.3 is 0 Å². The van der Waals surface area contributed by atoms with Gasteiger partial charge in [0.2, 0.25) is 0 Å². The summed E-state index contributed by atoms with van der Waals surface area (Å²) >= 11 is 7.11. The third-order valence-electron chi connectivity index (χ3n) is 2.49. The summed E-state index contributed by atoms with van der Waals surface area (Å²) in [5.74, 6) is 0. The van der Waals surface area contributed by atoms with Gasteiger partial charge in [0.1, 0.15) is 0 Å². The zero-order valence-corrected chi connectivity index (χ0v) is 13.0. The summed E-state index contributed by atoms with van der Waals surface area (Å²) < 4.78 is 1.18. The lowest BCUT2D eigenvalue weighted by atomic mass is 10.2. The number of benzene rings is 1. The number of thioether (sulfide) groups is 1. The van der Waals surface area contributed by atoms with Crippen molar-refractivity contribution in [2.24, 2.45) is 0 Å². The minimum Gasteiger partial charge on any atom is -0.378 e. The van der Waals surface area contributed by atoms with E-state index in [1.54, 1.807) is 23.1 Å². The van der Waals surface area contributed by atoms with Gasteiger partial charge < -0.3 is 5.32 Å². The molecule has 0 aliphatic heterocycles. The molecule has 4 heteroatoms. The molecule has 1 unspecified atom stereocenters. The molecule has 1 aromatic heterocycles. The zero-order valence-electron chi connectivity index (χ0n) is 9.74. The van der Waals surface area contributed by atoms with E-state index >= 15 is 0 Å². The van der Waals surface area contributed by atoms with Crippen LogP contribution in [0.5, 0.6) is 0 Å². The molecule has 1 atom stereocenters. The summed E-state index contributed by atoms with van der Waals surface area (Å²) in [5.41, 5.74) is 1.17. The minimum absolute atomic E-state index is 0.321. The summed E-state index contributed by atoms with van der Waals surface area (Å²) in [6, 6.07) is 10.9. The minimum atomic E-state index is 0.321. The molecule has 2 aromatic rings. The Labute approximate surface area is 119 Å². The Morgan fingerprint density at radius 2 is 2.18 bits per heavy atom. The normalized spacial score (nSPS) is 12.4. The van der Waals surface area contributed by atoms with Crippen molar-refractivity contribution in [3.05, 3.63) is 45.1 Å². The van der Waals surface area contributed by atoms with Gasteiger partial charge in [-0.3, -0.25) is 0 Å². The predicted octanol–water partition coefficient (Wildman–Crippen LogP) is 5.41. The Morgan fingerprint density at radius 1 is 1.35 bits per heavy atom. The third-order valence-corrected chi connectivity index (χ3v) is 5.27. The van der Waals surface area contributed by atoms with Crippen LogP contribution in [0.3, 0.4) is 0 Å². The highest BCUT2D eigenvalue weighted by Crippen LogP contribution is 2.31. The van der Waals surface area contributed by atoms with Gasteiger partial charge in [-0.1, -0.05) is 6.07 Å². The average molecular weight is 328 g/mol. The Morgan fingerprint density at radius 3 is 2.82 bits per heavy atom. The fraction of sp³-hybridized carbons (Fsp3) is 0.231. The zero-order chi connectivity index (χ0) is 12.3. The number of halogens is 1. The van der Waals surface area contributed by atoms with Crippen LogP contribution in [0.15, 0.2) is 45.1 Å². The Hall–Kier alpha value is -0.450. The molecule has 0 saturated carbocycles. The second kappa shape index (κ2) is 5.94. The van der Waals surface area contributed by atoms with Crippen LogP contribution in [0.4, 0.5) is 5.69 Å². The van der Waals surface area contributed by atoms with E-state index in [9.17, 15) is 0 Å². The van der Waals surface area contributed by atoms with E-state index in [-0.39, 0.29) is 0 Å². The van der Waals surface area contributed by atoms with E-state index in [1.807, 2.05) is 0 Å². The lowest BCUT2D eigenvalue weighted by Gasteiger charge is -2.15. The van der Waals surface area contributed by atoms with E-state index in [0.29, 0.717) is 6.04 Å². The lowest BCUT2D eigenvalue weighted by Crippen LogP contribution is -2.05. The number of hydrogen-bond acceptors (Lipinski definition) is 3. The highest BCUT2D eigenvalue weighted by molar-refractivity contribution is 9.10. The highest BCUT2D eigenvalue weighted by Gasteiger charge is 2.10. The topological polar surface area (TPSA) is 12.0 Å². The summed E-state index contributed by atoms with van der Waals surface area (Å²) in [4.78, 5) is 2.62. The summed E-state index contributed by atoms with van der Waals surface area (Å²) in [6.45, 7) is 2.18. The molecule has 2 rings (SSSR count). The molecule has 0 bridgehead atoms. The van der Waals surface area contributed by atoms with Gasteiger partial charge in [0, 0.05) is 19.9 Å². The van der Waals surface area contributed by atoms with Crippen LogP contribution < -0.4 is 5.32 Å². The molecule has 1 N–H and O–H groups in total. The molecule has 1 heterocycles. The summed E-state index contributed by atoms with van der Waals surface area (Å²) in [6.07, 6.45) is 2.10. The van der Waals surface area contributed by atoms with Crippen molar-refractivity contribution < 1.29 is 0 Å². The van der Waals surface area contributed by atoms with Crippen LogP contribution in [0.2, 0.25) is 0 Å². The van der Waals surface area contributed by atoms with Gasteiger partial charge in [0.25, 0.3) is 0 Å². The maximum Gasteiger partial charge on any atom is 0.0589 e. The molecule has 0 aliphatic rings. The van der Waals surface area contributed by atoms with E-state index < -0.39 is 0 Å². The highest BCUT2D eigenvalue weighted by atomic mass is 79.9. The second-order valence-electron chi connectivity index (χ2n) is 3.73. The standard InChI is InChI=1S/C13H14BrNS2/c1-9(13-12(14)6-7-17-13)15-10-4-3-5-11(8-10)16-2/h3-9,15H,1-2H3. The monoisotopic (exact) mass is 327 g/mol. The first-order chi connectivity index (χ1) is 8.20. The predicted molar refractivity (Wildman–Crippen MR) is 82.3 cm³/mol. The van der Waals surface area contributed by atoms with Crippen LogP contribution in [0, 0.1) is 0 Å². The first-order valence-electron chi connectivity index (χ1n) is 5.34. The number of anilines is 1. The van der Waals surface area contributed by atoms with Crippen LogP contribution in [0.25, 0.3) is 0 Å².